The van der Waals surface area contributed by atoms with E-state index in [-0.39, 0.29) is 5.41 Å². The summed E-state index contributed by atoms with van der Waals surface area (Å²) in [5.41, 5.74) is 4.94. The van der Waals surface area contributed by atoms with Crippen LogP contribution in [0.1, 0.15) is 31.9 Å². The summed E-state index contributed by atoms with van der Waals surface area (Å²) in [6.07, 6.45) is 0. The van der Waals surface area contributed by atoms with Gasteiger partial charge in [-0.3, -0.25) is 0 Å². The average molecular weight is 203 g/mol. The Morgan fingerprint density at radius 1 is 1.27 bits per heavy atom. The van der Waals surface area contributed by atoms with Crippen LogP contribution in [0.5, 0.6) is 0 Å². The molecule has 0 saturated carbocycles. The SMILES string of the molecule is C=C(c1cc(C)ccc1NC)C(C)(C)C. The van der Waals surface area contributed by atoms with Gasteiger partial charge in [-0.15, -0.1) is 0 Å². The minimum atomic E-state index is 0.111. The van der Waals surface area contributed by atoms with E-state index in [4.69, 9.17) is 0 Å². The van der Waals surface area contributed by atoms with Gasteiger partial charge in [-0.1, -0.05) is 39.0 Å². The molecule has 0 aromatic heterocycles. The molecule has 0 atom stereocenters. The van der Waals surface area contributed by atoms with Gasteiger partial charge in [0.2, 0.25) is 0 Å². The summed E-state index contributed by atoms with van der Waals surface area (Å²) in [5.74, 6) is 0. The predicted octanol–water partition coefficient (Wildman–Crippen LogP) is 4.10. The van der Waals surface area contributed by atoms with Gasteiger partial charge in [0, 0.05) is 18.3 Å². The second-order valence-corrected chi connectivity index (χ2v) is 5.03. The van der Waals surface area contributed by atoms with Gasteiger partial charge in [0.25, 0.3) is 0 Å². The lowest BCUT2D eigenvalue weighted by Gasteiger charge is -2.24. The minimum absolute atomic E-state index is 0.111. The van der Waals surface area contributed by atoms with Crippen molar-refractivity contribution in [1.29, 1.82) is 0 Å². The van der Waals surface area contributed by atoms with Gasteiger partial charge in [-0.2, -0.15) is 0 Å². The molecule has 82 valence electrons. The van der Waals surface area contributed by atoms with Crippen molar-refractivity contribution in [1.82, 2.24) is 0 Å². The van der Waals surface area contributed by atoms with E-state index < -0.39 is 0 Å². The van der Waals surface area contributed by atoms with Crippen molar-refractivity contribution in [2.75, 3.05) is 12.4 Å². The zero-order valence-corrected chi connectivity index (χ0v) is 10.4. The van der Waals surface area contributed by atoms with E-state index in [1.54, 1.807) is 0 Å². The van der Waals surface area contributed by atoms with Gasteiger partial charge in [-0.05, 0) is 30.0 Å². The Kier molecular flexibility index (Phi) is 3.23. The number of rotatable bonds is 2. The molecule has 15 heavy (non-hydrogen) atoms. The summed E-state index contributed by atoms with van der Waals surface area (Å²) in [6.45, 7) is 12.9. The van der Waals surface area contributed by atoms with E-state index >= 15 is 0 Å². The monoisotopic (exact) mass is 203 g/mol. The molecule has 0 unspecified atom stereocenters. The first-order chi connectivity index (χ1) is 6.86. The molecule has 1 heteroatoms. The van der Waals surface area contributed by atoms with Crippen molar-refractivity contribution in [3.05, 3.63) is 35.9 Å². The number of hydrogen-bond donors (Lipinski definition) is 1. The lowest BCUT2D eigenvalue weighted by atomic mass is 9.82. The van der Waals surface area contributed by atoms with Gasteiger partial charge < -0.3 is 5.32 Å². The molecule has 0 fully saturated rings. The molecule has 0 spiro atoms. The number of aryl methyl sites for hydroxylation is 1. The Morgan fingerprint density at radius 3 is 2.33 bits per heavy atom. The molecule has 1 nitrogen and oxygen atoms in total. The normalized spacial score (nSPS) is 11.3. The molecular weight excluding hydrogens is 182 g/mol. The van der Waals surface area contributed by atoms with Crippen molar-refractivity contribution in [2.24, 2.45) is 5.41 Å². The quantitative estimate of drug-likeness (QED) is 0.763. The van der Waals surface area contributed by atoms with Crippen LogP contribution in [0, 0.1) is 12.3 Å². The van der Waals surface area contributed by atoms with Crippen molar-refractivity contribution >= 4 is 11.3 Å². The van der Waals surface area contributed by atoms with E-state index in [0.29, 0.717) is 0 Å². The molecular formula is C14H21N. The Morgan fingerprint density at radius 2 is 1.87 bits per heavy atom. The highest BCUT2D eigenvalue weighted by Gasteiger charge is 2.18. The molecule has 0 aliphatic heterocycles. The maximum Gasteiger partial charge on any atom is 0.0414 e. The van der Waals surface area contributed by atoms with Gasteiger partial charge in [-0.25, -0.2) is 0 Å². The molecule has 1 aromatic carbocycles. The smallest absolute Gasteiger partial charge is 0.0414 e. The third-order valence-corrected chi connectivity index (χ3v) is 2.67. The number of allylic oxidation sites excluding steroid dienone is 1. The molecule has 0 heterocycles. The summed E-state index contributed by atoms with van der Waals surface area (Å²) < 4.78 is 0. The summed E-state index contributed by atoms with van der Waals surface area (Å²) in [4.78, 5) is 0. The van der Waals surface area contributed by atoms with Gasteiger partial charge in [0.1, 0.15) is 0 Å². The summed E-state index contributed by atoms with van der Waals surface area (Å²) in [6, 6.07) is 6.42. The van der Waals surface area contributed by atoms with Crippen molar-refractivity contribution in [3.8, 4) is 0 Å². The Bertz CT molecular complexity index is 369. The summed E-state index contributed by atoms with van der Waals surface area (Å²) >= 11 is 0. The third kappa shape index (κ3) is 2.62. The highest BCUT2D eigenvalue weighted by atomic mass is 14.8. The molecule has 1 rings (SSSR count). The third-order valence-electron chi connectivity index (χ3n) is 2.67. The summed E-state index contributed by atoms with van der Waals surface area (Å²) in [5, 5.41) is 3.21. The Labute approximate surface area is 93.2 Å². The van der Waals surface area contributed by atoms with Crippen LogP contribution in [0.2, 0.25) is 0 Å². The standard InChI is InChI=1S/C14H21N/c1-10-7-8-13(15-6)12(9-10)11(2)14(3,4)5/h7-9,15H,2H2,1,3-6H3. The molecule has 0 saturated heterocycles. The van der Waals surface area contributed by atoms with Gasteiger partial charge >= 0.3 is 0 Å². The van der Waals surface area contributed by atoms with Crippen LogP contribution in [0.4, 0.5) is 5.69 Å². The largest absolute Gasteiger partial charge is 0.388 e. The van der Waals surface area contributed by atoms with Crippen LogP contribution < -0.4 is 5.32 Å². The van der Waals surface area contributed by atoms with Crippen LogP contribution in [-0.4, -0.2) is 7.05 Å². The minimum Gasteiger partial charge on any atom is -0.388 e. The Balaban J connectivity index is 3.23. The predicted molar refractivity (Wildman–Crippen MR) is 69.2 cm³/mol. The fraction of sp³-hybridized carbons (Fsp3) is 0.429. The lowest BCUT2D eigenvalue weighted by molar-refractivity contribution is 0.568. The first-order valence-electron chi connectivity index (χ1n) is 5.34. The fourth-order valence-corrected chi connectivity index (χ4v) is 1.53. The second-order valence-electron chi connectivity index (χ2n) is 5.03. The number of benzene rings is 1. The van der Waals surface area contributed by atoms with E-state index in [1.807, 2.05) is 7.05 Å². The number of hydrogen-bond acceptors (Lipinski definition) is 1. The van der Waals surface area contributed by atoms with E-state index in [0.717, 1.165) is 5.69 Å². The lowest BCUT2D eigenvalue weighted by Crippen LogP contribution is -2.09. The van der Waals surface area contributed by atoms with Crippen LogP contribution in [0.25, 0.3) is 5.57 Å². The van der Waals surface area contributed by atoms with Crippen LogP contribution >= 0.6 is 0 Å². The average Bonchev–Trinajstić information content (AvgIpc) is 2.15. The van der Waals surface area contributed by atoms with Gasteiger partial charge in [0.05, 0.1) is 0 Å². The van der Waals surface area contributed by atoms with E-state index in [1.165, 1.54) is 16.7 Å². The number of nitrogens with one attached hydrogen (secondary N) is 1. The fourth-order valence-electron chi connectivity index (χ4n) is 1.53. The van der Waals surface area contributed by atoms with Crippen LogP contribution in [-0.2, 0) is 0 Å². The first-order valence-corrected chi connectivity index (χ1v) is 5.34. The highest BCUT2D eigenvalue weighted by Crippen LogP contribution is 2.36. The topological polar surface area (TPSA) is 12.0 Å². The molecule has 0 amide bonds. The van der Waals surface area contributed by atoms with Crippen LogP contribution in [0.3, 0.4) is 0 Å². The van der Waals surface area contributed by atoms with Crippen molar-refractivity contribution in [2.45, 2.75) is 27.7 Å². The van der Waals surface area contributed by atoms with Crippen LogP contribution in [0.15, 0.2) is 24.8 Å². The van der Waals surface area contributed by atoms with E-state index in [9.17, 15) is 0 Å². The molecule has 0 bridgehead atoms. The van der Waals surface area contributed by atoms with E-state index in [2.05, 4.69) is 57.8 Å². The maximum absolute atomic E-state index is 4.21. The number of anilines is 1. The maximum atomic E-state index is 4.21. The van der Waals surface area contributed by atoms with Crippen molar-refractivity contribution < 1.29 is 0 Å². The summed E-state index contributed by atoms with van der Waals surface area (Å²) in [7, 11) is 1.95. The second kappa shape index (κ2) is 4.09. The first kappa shape index (κ1) is 11.8. The molecule has 0 aliphatic rings. The van der Waals surface area contributed by atoms with Gasteiger partial charge in [0.15, 0.2) is 0 Å². The molecule has 0 radical (unpaired) electrons. The highest BCUT2D eigenvalue weighted by molar-refractivity contribution is 5.77. The zero-order valence-electron chi connectivity index (χ0n) is 10.4. The molecule has 0 aliphatic carbocycles. The molecule has 1 aromatic rings. The van der Waals surface area contributed by atoms with Crippen molar-refractivity contribution in [3.63, 3.8) is 0 Å². The molecule has 1 N–H and O–H groups in total. The Hall–Kier alpha value is -1.24. The zero-order chi connectivity index (χ0) is 11.6.